The van der Waals surface area contributed by atoms with Gasteiger partial charge in [0, 0.05) is 23.6 Å². The molecule has 0 spiro atoms. The summed E-state index contributed by atoms with van der Waals surface area (Å²) in [5.41, 5.74) is 8.47. The van der Waals surface area contributed by atoms with E-state index in [1.807, 2.05) is 47.7 Å². The maximum absolute atomic E-state index is 12.8. The van der Waals surface area contributed by atoms with Crippen LogP contribution in [0.5, 0.6) is 0 Å². The Labute approximate surface area is 163 Å². The van der Waals surface area contributed by atoms with E-state index < -0.39 is 0 Å². The van der Waals surface area contributed by atoms with Gasteiger partial charge in [-0.3, -0.25) is 4.79 Å². The van der Waals surface area contributed by atoms with Gasteiger partial charge in [-0.2, -0.15) is 5.10 Å². The summed E-state index contributed by atoms with van der Waals surface area (Å²) in [7, 11) is 0. The zero-order valence-electron chi connectivity index (χ0n) is 14.5. The van der Waals surface area contributed by atoms with Gasteiger partial charge in [0.2, 0.25) is 0 Å². The Hall–Kier alpha value is -1.37. The average Bonchev–Trinajstić information content (AvgIpc) is 2.96. The summed E-state index contributed by atoms with van der Waals surface area (Å²) in [5.74, 6) is 0.580. The quantitative estimate of drug-likeness (QED) is 0.814. The Morgan fingerprint density at radius 2 is 2.04 bits per heavy atom. The molecule has 25 heavy (non-hydrogen) atoms. The molecule has 2 heterocycles. The Morgan fingerprint density at radius 3 is 2.64 bits per heavy atom. The van der Waals surface area contributed by atoms with Crippen LogP contribution in [0.4, 0.5) is 0 Å². The Bertz CT molecular complexity index is 738. The zero-order valence-corrected chi connectivity index (χ0v) is 16.9. The van der Waals surface area contributed by atoms with E-state index in [1.165, 1.54) is 0 Å². The predicted octanol–water partition coefficient (Wildman–Crippen LogP) is 3.56. The molecule has 1 aromatic carbocycles. The van der Waals surface area contributed by atoms with Crippen molar-refractivity contribution in [3.63, 3.8) is 0 Å². The minimum absolute atomic E-state index is 0. The van der Waals surface area contributed by atoms with E-state index in [0.717, 1.165) is 41.8 Å². The van der Waals surface area contributed by atoms with Gasteiger partial charge in [0.25, 0.3) is 5.91 Å². The predicted molar refractivity (Wildman–Crippen MR) is 106 cm³/mol. The van der Waals surface area contributed by atoms with Gasteiger partial charge in [-0.15, -0.1) is 12.4 Å². The number of aromatic nitrogens is 2. The normalized spacial score (nSPS) is 16.4. The first-order valence-electron chi connectivity index (χ1n) is 8.33. The second-order valence-electron chi connectivity index (χ2n) is 6.52. The van der Waals surface area contributed by atoms with Crippen LogP contribution in [0.2, 0.25) is 0 Å². The minimum Gasteiger partial charge on any atom is -0.339 e. The summed E-state index contributed by atoms with van der Waals surface area (Å²) in [6.45, 7) is 5.53. The Morgan fingerprint density at radius 1 is 1.36 bits per heavy atom. The number of halogens is 2. The second-order valence-corrected chi connectivity index (χ2v) is 7.44. The number of hydrogen-bond acceptors (Lipinski definition) is 3. The van der Waals surface area contributed by atoms with E-state index >= 15 is 0 Å². The highest BCUT2D eigenvalue weighted by Crippen LogP contribution is 2.23. The number of nitrogens with zero attached hydrogens (tertiary/aromatic N) is 3. The van der Waals surface area contributed by atoms with Crippen molar-refractivity contribution in [1.82, 2.24) is 14.7 Å². The molecule has 136 valence electrons. The fourth-order valence-electron chi connectivity index (χ4n) is 3.29. The minimum atomic E-state index is 0. The van der Waals surface area contributed by atoms with Crippen LogP contribution in [0.3, 0.4) is 0 Å². The number of nitrogens with two attached hydrogens (primary N) is 1. The van der Waals surface area contributed by atoms with Crippen molar-refractivity contribution in [3.8, 4) is 5.69 Å². The molecule has 0 aliphatic carbocycles. The summed E-state index contributed by atoms with van der Waals surface area (Å²) in [5, 5.41) is 4.41. The van der Waals surface area contributed by atoms with E-state index in [2.05, 4.69) is 21.0 Å². The summed E-state index contributed by atoms with van der Waals surface area (Å²) in [4.78, 5) is 14.8. The molecule has 1 aromatic heterocycles. The molecule has 0 saturated carbocycles. The molecule has 1 aliphatic heterocycles. The van der Waals surface area contributed by atoms with Gasteiger partial charge in [-0.25, -0.2) is 4.68 Å². The smallest absolute Gasteiger partial charge is 0.257 e. The molecule has 1 unspecified atom stereocenters. The first-order valence-corrected chi connectivity index (χ1v) is 9.12. The third-order valence-electron chi connectivity index (χ3n) is 4.86. The second kappa shape index (κ2) is 8.34. The molecule has 1 amide bonds. The van der Waals surface area contributed by atoms with Gasteiger partial charge in [-0.05, 0) is 50.8 Å². The van der Waals surface area contributed by atoms with Crippen LogP contribution >= 0.6 is 28.3 Å². The fraction of sp³-hybridized carbons (Fsp3) is 0.444. The summed E-state index contributed by atoms with van der Waals surface area (Å²) in [6.07, 6.45) is 3.63. The highest BCUT2D eigenvalue weighted by molar-refractivity contribution is 9.10. The monoisotopic (exact) mass is 426 g/mol. The van der Waals surface area contributed by atoms with Gasteiger partial charge in [0.1, 0.15) is 0 Å². The number of piperidine rings is 1. The largest absolute Gasteiger partial charge is 0.339 e. The number of benzene rings is 1. The van der Waals surface area contributed by atoms with Crippen molar-refractivity contribution in [2.75, 3.05) is 13.1 Å². The van der Waals surface area contributed by atoms with Gasteiger partial charge in [0.05, 0.1) is 23.1 Å². The van der Waals surface area contributed by atoms with Crippen molar-refractivity contribution < 1.29 is 4.79 Å². The lowest BCUT2D eigenvalue weighted by Gasteiger charge is -2.33. The van der Waals surface area contributed by atoms with Crippen LogP contribution in [0.25, 0.3) is 5.69 Å². The molecule has 2 aromatic rings. The van der Waals surface area contributed by atoms with Crippen LogP contribution in [-0.4, -0.2) is 39.7 Å². The van der Waals surface area contributed by atoms with Crippen LogP contribution in [-0.2, 0) is 0 Å². The van der Waals surface area contributed by atoms with Crippen LogP contribution in [0.15, 0.2) is 34.9 Å². The van der Waals surface area contributed by atoms with E-state index in [0.29, 0.717) is 11.5 Å². The van der Waals surface area contributed by atoms with Crippen LogP contribution < -0.4 is 5.73 Å². The Kier molecular flexibility index (Phi) is 6.65. The lowest BCUT2D eigenvalue weighted by Crippen LogP contribution is -2.42. The maximum atomic E-state index is 12.8. The van der Waals surface area contributed by atoms with E-state index in [9.17, 15) is 4.79 Å². The average molecular weight is 428 g/mol. The van der Waals surface area contributed by atoms with Crippen molar-refractivity contribution in [1.29, 1.82) is 0 Å². The number of likely N-dealkylation sites (tertiary alicyclic amines) is 1. The third kappa shape index (κ3) is 4.25. The molecule has 7 heteroatoms. The third-order valence-corrected chi connectivity index (χ3v) is 5.36. The maximum Gasteiger partial charge on any atom is 0.257 e. The molecule has 1 saturated heterocycles. The lowest BCUT2D eigenvalue weighted by molar-refractivity contribution is 0.0680. The molecule has 1 fully saturated rings. The summed E-state index contributed by atoms with van der Waals surface area (Å²) < 4.78 is 2.80. The number of hydrogen-bond donors (Lipinski definition) is 1. The molecular formula is C18H24BrClN4O. The van der Waals surface area contributed by atoms with Crippen molar-refractivity contribution >= 4 is 34.2 Å². The molecule has 2 N–H and O–H groups in total. The van der Waals surface area contributed by atoms with Crippen molar-refractivity contribution in [2.45, 2.75) is 32.7 Å². The van der Waals surface area contributed by atoms with Gasteiger partial charge in [0.15, 0.2) is 0 Å². The molecule has 1 aliphatic rings. The molecule has 1 atom stereocenters. The zero-order chi connectivity index (χ0) is 17.3. The summed E-state index contributed by atoms with van der Waals surface area (Å²) >= 11 is 3.47. The molecule has 3 rings (SSSR count). The highest BCUT2D eigenvalue weighted by Gasteiger charge is 2.27. The van der Waals surface area contributed by atoms with Crippen molar-refractivity contribution in [3.05, 3.63) is 46.2 Å². The van der Waals surface area contributed by atoms with Gasteiger partial charge < -0.3 is 10.6 Å². The molecule has 5 nitrogen and oxygen atoms in total. The Balaban J connectivity index is 0.00000225. The lowest BCUT2D eigenvalue weighted by atomic mass is 9.91. The van der Waals surface area contributed by atoms with E-state index in [-0.39, 0.29) is 24.4 Å². The first-order chi connectivity index (χ1) is 11.5. The number of rotatable bonds is 3. The molecule has 0 radical (unpaired) electrons. The molecule has 0 bridgehead atoms. The van der Waals surface area contributed by atoms with E-state index in [1.54, 1.807) is 6.20 Å². The number of amides is 1. The summed E-state index contributed by atoms with van der Waals surface area (Å²) in [6, 6.07) is 8.09. The SMILES string of the molecule is Cc1c(C(=O)N2CCC(C(C)N)CC2)cnn1-c1cccc(Br)c1.Cl. The highest BCUT2D eigenvalue weighted by atomic mass is 79.9. The number of carbonyl (C=O) groups excluding carboxylic acids is 1. The van der Waals surface area contributed by atoms with E-state index in [4.69, 9.17) is 5.73 Å². The van der Waals surface area contributed by atoms with Gasteiger partial charge in [-0.1, -0.05) is 22.0 Å². The van der Waals surface area contributed by atoms with Gasteiger partial charge >= 0.3 is 0 Å². The standard InChI is InChI=1S/C18H23BrN4O.ClH/c1-12(20)14-6-8-22(9-7-14)18(24)17-11-21-23(13(17)2)16-5-3-4-15(19)10-16;/h3-5,10-12,14H,6-9,20H2,1-2H3;1H. The fourth-order valence-corrected chi connectivity index (χ4v) is 3.67. The first kappa shape index (κ1) is 19.9. The van der Waals surface area contributed by atoms with Crippen molar-refractivity contribution in [2.24, 2.45) is 11.7 Å². The molecular weight excluding hydrogens is 404 g/mol. The van der Waals surface area contributed by atoms with Crippen LogP contribution in [0, 0.1) is 12.8 Å². The topological polar surface area (TPSA) is 64.2 Å². The van der Waals surface area contributed by atoms with Crippen LogP contribution in [0.1, 0.15) is 35.8 Å². The number of carbonyl (C=O) groups is 1.